The normalized spacial score (nSPS) is 20.1. The SMILES string of the molecule is COc1cc(Cl)c(C2NCCNC2c2c(Cl)cc(OC)cc2Cl)c(Cl)c1. The lowest BCUT2D eigenvalue weighted by Gasteiger charge is -2.36. The van der Waals surface area contributed by atoms with Gasteiger partial charge in [-0.1, -0.05) is 46.4 Å². The Balaban J connectivity index is 2.08. The zero-order valence-electron chi connectivity index (χ0n) is 14.2. The van der Waals surface area contributed by atoms with Crippen LogP contribution in [-0.4, -0.2) is 27.3 Å². The highest BCUT2D eigenvalue weighted by Gasteiger charge is 2.33. The molecule has 0 aliphatic carbocycles. The molecule has 2 aromatic carbocycles. The molecular weight excluding hydrogens is 418 g/mol. The molecule has 26 heavy (non-hydrogen) atoms. The number of halogens is 4. The Morgan fingerprint density at radius 1 is 0.692 bits per heavy atom. The molecule has 0 aromatic heterocycles. The maximum atomic E-state index is 6.51. The van der Waals surface area contributed by atoms with Crippen molar-refractivity contribution in [2.75, 3.05) is 27.3 Å². The first kappa shape index (κ1) is 19.9. The Kier molecular flexibility index (Phi) is 6.44. The van der Waals surface area contributed by atoms with Crippen molar-refractivity contribution >= 4 is 46.4 Å². The number of methoxy groups -OCH3 is 2. The van der Waals surface area contributed by atoms with Crippen molar-refractivity contribution in [1.82, 2.24) is 10.6 Å². The van der Waals surface area contributed by atoms with Crippen molar-refractivity contribution in [2.24, 2.45) is 0 Å². The van der Waals surface area contributed by atoms with E-state index in [2.05, 4.69) is 10.6 Å². The topological polar surface area (TPSA) is 42.5 Å². The molecule has 0 bridgehead atoms. The molecule has 140 valence electrons. The second kappa shape index (κ2) is 8.42. The van der Waals surface area contributed by atoms with Gasteiger partial charge in [-0.3, -0.25) is 0 Å². The minimum atomic E-state index is -0.210. The zero-order valence-corrected chi connectivity index (χ0v) is 17.2. The summed E-state index contributed by atoms with van der Waals surface area (Å²) < 4.78 is 10.5. The molecule has 2 N–H and O–H groups in total. The Labute approximate surface area is 172 Å². The quantitative estimate of drug-likeness (QED) is 0.684. The lowest BCUT2D eigenvalue weighted by molar-refractivity contribution is 0.332. The lowest BCUT2D eigenvalue weighted by atomic mass is 9.91. The van der Waals surface area contributed by atoms with Crippen LogP contribution in [0.2, 0.25) is 20.1 Å². The summed E-state index contributed by atoms with van der Waals surface area (Å²) in [4.78, 5) is 0. The largest absolute Gasteiger partial charge is 0.497 e. The second-order valence-corrected chi connectivity index (χ2v) is 7.50. The fraction of sp³-hybridized carbons (Fsp3) is 0.333. The van der Waals surface area contributed by atoms with Crippen LogP contribution in [0, 0.1) is 0 Å². The highest BCUT2D eigenvalue weighted by Crippen LogP contribution is 2.44. The number of benzene rings is 2. The van der Waals surface area contributed by atoms with Crippen LogP contribution in [0.3, 0.4) is 0 Å². The van der Waals surface area contributed by atoms with E-state index in [1.54, 1.807) is 38.5 Å². The molecular formula is C18H18Cl4N2O2. The maximum absolute atomic E-state index is 6.51. The van der Waals surface area contributed by atoms with E-state index in [-0.39, 0.29) is 12.1 Å². The van der Waals surface area contributed by atoms with Crippen molar-refractivity contribution in [3.63, 3.8) is 0 Å². The van der Waals surface area contributed by atoms with E-state index in [0.29, 0.717) is 31.6 Å². The Morgan fingerprint density at radius 3 is 1.27 bits per heavy atom. The molecule has 1 aliphatic rings. The number of ether oxygens (including phenoxy) is 2. The fourth-order valence-electron chi connectivity index (χ4n) is 3.18. The van der Waals surface area contributed by atoms with Gasteiger partial charge in [0, 0.05) is 24.2 Å². The summed E-state index contributed by atoms with van der Waals surface area (Å²) >= 11 is 26.0. The van der Waals surface area contributed by atoms with E-state index in [1.165, 1.54) is 0 Å². The van der Waals surface area contributed by atoms with E-state index in [0.717, 1.165) is 24.2 Å². The van der Waals surface area contributed by atoms with E-state index in [4.69, 9.17) is 55.9 Å². The first-order valence-electron chi connectivity index (χ1n) is 7.99. The minimum Gasteiger partial charge on any atom is -0.497 e. The van der Waals surface area contributed by atoms with Crippen molar-refractivity contribution in [1.29, 1.82) is 0 Å². The van der Waals surface area contributed by atoms with Gasteiger partial charge in [0.2, 0.25) is 0 Å². The molecule has 4 nitrogen and oxygen atoms in total. The summed E-state index contributed by atoms with van der Waals surface area (Å²) in [6.45, 7) is 1.51. The first-order valence-corrected chi connectivity index (χ1v) is 9.50. The van der Waals surface area contributed by atoms with Crippen LogP contribution in [-0.2, 0) is 0 Å². The van der Waals surface area contributed by atoms with Gasteiger partial charge >= 0.3 is 0 Å². The van der Waals surface area contributed by atoms with Gasteiger partial charge in [-0.05, 0) is 24.3 Å². The molecule has 1 heterocycles. The predicted octanol–water partition coefficient (Wildman–Crippen LogP) is 5.29. The number of nitrogens with one attached hydrogen (secondary N) is 2. The molecule has 0 saturated carbocycles. The molecule has 2 atom stereocenters. The highest BCUT2D eigenvalue weighted by atomic mass is 35.5. The standard InChI is InChI=1S/C18H18Cl4N2O2/c1-25-9-5-11(19)15(12(20)6-9)17-18(24-4-3-23-17)16-13(21)7-10(26-2)8-14(16)22/h5-8,17-18,23-24H,3-4H2,1-2H3. The third-order valence-electron chi connectivity index (χ3n) is 4.39. The third kappa shape index (κ3) is 3.86. The zero-order chi connectivity index (χ0) is 18.8. The average molecular weight is 436 g/mol. The maximum Gasteiger partial charge on any atom is 0.121 e. The van der Waals surface area contributed by atoms with Gasteiger partial charge in [-0.2, -0.15) is 0 Å². The number of piperazine rings is 1. The van der Waals surface area contributed by atoms with Crippen LogP contribution < -0.4 is 20.1 Å². The molecule has 0 amide bonds. The summed E-state index contributed by atoms with van der Waals surface area (Å²) in [6.07, 6.45) is 0. The molecule has 3 rings (SSSR count). The van der Waals surface area contributed by atoms with Gasteiger partial charge in [0.05, 0.1) is 46.4 Å². The van der Waals surface area contributed by atoms with Gasteiger partial charge in [0.15, 0.2) is 0 Å². The van der Waals surface area contributed by atoms with Crippen molar-refractivity contribution in [3.8, 4) is 11.5 Å². The Hall–Kier alpha value is -0.880. The summed E-state index contributed by atoms with van der Waals surface area (Å²) in [7, 11) is 3.14. The molecule has 2 aromatic rings. The van der Waals surface area contributed by atoms with E-state index < -0.39 is 0 Å². The van der Waals surface area contributed by atoms with Crippen LogP contribution in [0.1, 0.15) is 23.2 Å². The average Bonchev–Trinajstić information content (AvgIpc) is 2.61. The summed E-state index contributed by atoms with van der Waals surface area (Å²) in [6, 6.07) is 6.55. The summed E-state index contributed by atoms with van der Waals surface area (Å²) in [5, 5.41) is 8.99. The van der Waals surface area contributed by atoms with Crippen molar-refractivity contribution in [2.45, 2.75) is 12.1 Å². The van der Waals surface area contributed by atoms with Gasteiger partial charge in [0.25, 0.3) is 0 Å². The molecule has 1 aliphatic heterocycles. The van der Waals surface area contributed by atoms with E-state index >= 15 is 0 Å². The number of rotatable bonds is 4. The summed E-state index contributed by atoms with van der Waals surface area (Å²) in [5.41, 5.74) is 1.54. The van der Waals surface area contributed by atoms with Crippen LogP contribution in [0.4, 0.5) is 0 Å². The van der Waals surface area contributed by atoms with Gasteiger partial charge in [-0.25, -0.2) is 0 Å². The van der Waals surface area contributed by atoms with Crippen LogP contribution >= 0.6 is 46.4 Å². The smallest absolute Gasteiger partial charge is 0.121 e. The van der Waals surface area contributed by atoms with Crippen molar-refractivity contribution < 1.29 is 9.47 Å². The van der Waals surface area contributed by atoms with E-state index in [1.807, 2.05) is 0 Å². The Bertz CT molecular complexity index is 702. The molecule has 1 fully saturated rings. The number of hydrogen-bond donors (Lipinski definition) is 2. The lowest BCUT2D eigenvalue weighted by Crippen LogP contribution is -2.45. The molecule has 0 radical (unpaired) electrons. The van der Waals surface area contributed by atoms with Gasteiger partial charge in [-0.15, -0.1) is 0 Å². The predicted molar refractivity (Wildman–Crippen MR) is 108 cm³/mol. The Morgan fingerprint density at radius 2 is 1.00 bits per heavy atom. The van der Waals surface area contributed by atoms with Crippen LogP contribution in [0.15, 0.2) is 24.3 Å². The van der Waals surface area contributed by atoms with Gasteiger partial charge in [0.1, 0.15) is 11.5 Å². The first-order chi connectivity index (χ1) is 12.5. The minimum absolute atomic E-state index is 0.210. The molecule has 0 spiro atoms. The monoisotopic (exact) mass is 434 g/mol. The summed E-state index contributed by atoms with van der Waals surface area (Å²) in [5.74, 6) is 1.20. The van der Waals surface area contributed by atoms with Crippen LogP contribution in [0.25, 0.3) is 0 Å². The van der Waals surface area contributed by atoms with E-state index in [9.17, 15) is 0 Å². The fourth-order valence-corrected chi connectivity index (χ4v) is 4.58. The van der Waals surface area contributed by atoms with Gasteiger partial charge < -0.3 is 20.1 Å². The highest BCUT2D eigenvalue weighted by molar-refractivity contribution is 6.37. The molecule has 2 unspecified atom stereocenters. The van der Waals surface area contributed by atoms with Crippen molar-refractivity contribution in [3.05, 3.63) is 55.5 Å². The molecule has 1 saturated heterocycles. The van der Waals surface area contributed by atoms with Crippen LogP contribution in [0.5, 0.6) is 11.5 Å². The molecule has 8 heteroatoms. The third-order valence-corrected chi connectivity index (χ3v) is 5.64. The second-order valence-electron chi connectivity index (χ2n) is 5.87. The number of hydrogen-bond acceptors (Lipinski definition) is 4.